The summed E-state index contributed by atoms with van der Waals surface area (Å²) >= 11 is 5.95. The van der Waals surface area contributed by atoms with Gasteiger partial charge in [-0.2, -0.15) is 0 Å². The summed E-state index contributed by atoms with van der Waals surface area (Å²) in [6.45, 7) is 0.758. The predicted octanol–water partition coefficient (Wildman–Crippen LogP) is 0.757. The van der Waals surface area contributed by atoms with Gasteiger partial charge in [0.05, 0.1) is 23.7 Å². The van der Waals surface area contributed by atoms with Gasteiger partial charge in [0.25, 0.3) is 5.91 Å². The first-order valence-electron chi connectivity index (χ1n) is 6.02. The Balaban J connectivity index is 2.62. The van der Waals surface area contributed by atoms with E-state index in [0.29, 0.717) is 23.9 Å². The molecule has 0 unspecified atom stereocenters. The number of halogens is 1. The lowest BCUT2D eigenvalue weighted by Gasteiger charge is -2.17. The number of carbonyl (C=O) groups is 2. The lowest BCUT2D eigenvalue weighted by Crippen LogP contribution is -2.39. The van der Waals surface area contributed by atoms with Gasteiger partial charge in [-0.25, -0.2) is 0 Å². The van der Waals surface area contributed by atoms with Gasteiger partial charge in [-0.3, -0.25) is 9.59 Å². The van der Waals surface area contributed by atoms with Gasteiger partial charge in [0.15, 0.2) is 0 Å². The van der Waals surface area contributed by atoms with E-state index < -0.39 is 0 Å². The smallest absolute Gasteiger partial charge is 0.255 e. The number of methoxy groups -OCH3 is 1. The third-order valence-corrected chi connectivity index (χ3v) is 2.91. The molecule has 0 radical (unpaired) electrons. The van der Waals surface area contributed by atoms with Gasteiger partial charge in [0.2, 0.25) is 5.91 Å². The fourth-order valence-electron chi connectivity index (χ4n) is 1.55. The van der Waals surface area contributed by atoms with Gasteiger partial charge >= 0.3 is 0 Å². The highest BCUT2D eigenvalue weighted by Crippen LogP contribution is 2.20. The van der Waals surface area contributed by atoms with Crippen molar-refractivity contribution in [3.05, 3.63) is 28.8 Å². The van der Waals surface area contributed by atoms with Crippen LogP contribution < -0.4 is 11.1 Å². The Morgan fingerprint density at radius 3 is 2.80 bits per heavy atom. The molecule has 6 nitrogen and oxygen atoms in total. The van der Waals surface area contributed by atoms with Gasteiger partial charge in [0, 0.05) is 26.4 Å². The molecule has 0 spiro atoms. The van der Waals surface area contributed by atoms with Crippen LogP contribution in [0.15, 0.2) is 18.2 Å². The van der Waals surface area contributed by atoms with E-state index in [1.165, 1.54) is 18.0 Å². The average Bonchev–Trinajstić information content (AvgIpc) is 2.41. The molecule has 0 heterocycles. The first-order chi connectivity index (χ1) is 9.45. The molecule has 0 bridgehead atoms. The van der Waals surface area contributed by atoms with E-state index in [1.54, 1.807) is 19.2 Å². The number of benzene rings is 1. The van der Waals surface area contributed by atoms with Crippen LogP contribution in [-0.4, -0.2) is 50.6 Å². The monoisotopic (exact) mass is 299 g/mol. The Bertz CT molecular complexity index is 494. The van der Waals surface area contributed by atoms with Crippen LogP contribution in [0.5, 0.6) is 0 Å². The van der Waals surface area contributed by atoms with E-state index >= 15 is 0 Å². The number of carbonyl (C=O) groups excluding carboxylic acids is 2. The second-order valence-corrected chi connectivity index (χ2v) is 4.65. The molecule has 1 aromatic carbocycles. The summed E-state index contributed by atoms with van der Waals surface area (Å²) in [6, 6.07) is 4.65. The SMILES string of the molecule is COCCNC(=O)CN(C)C(=O)c1cc(N)ccc1Cl. The van der Waals surface area contributed by atoms with Crippen molar-refractivity contribution in [2.24, 2.45) is 0 Å². The van der Waals surface area contributed by atoms with Gasteiger partial charge in [-0.15, -0.1) is 0 Å². The summed E-state index contributed by atoms with van der Waals surface area (Å²) in [7, 11) is 3.07. The third kappa shape index (κ3) is 4.71. The number of nitrogens with one attached hydrogen (secondary N) is 1. The number of ether oxygens (including phenoxy) is 1. The van der Waals surface area contributed by atoms with Crippen LogP contribution in [0.3, 0.4) is 0 Å². The molecule has 0 aliphatic carbocycles. The van der Waals surface area contributed by atoms with Crippen molar-refractivity contribution >= 4 is 29.1 Å². The minimum atomic E-state index is -0.357. The molecule has 1 aromatic rings. The van der Waals surface area contributed by atoms with Crippen LogP contribution in [0.25, 0.3) is 0 Å². The average molecular weight is 300 g/mol. The Hall–Kier alpha value is -1.79. The second kappa shape index (κ2) is 7.72. The number of nitrogens with zero attached hydrogens (tertiary/aromatic N) is 1. The van der Waals surface area contributed by atoms with Crippen LogP contribution in [0.1, 0.15) is 10.4 Å². The second-order valence-electron chi connectivity index (χ2n) is 4.24. The maximum Gasteiger partial charge on any atom is 0.255 e. The van der Waals surface area contributed by atoms with Crippen molar-refractivity contribution in [1.29, 1.82) is 0 Å². The maximum atomic E-state index is 12.2. The molecule has 0 aliphatic rings. The molecule has 1 rings (SSSR count). The summed E-state index contributed by atoms with van der Waals surface area (Å²) in [4.78, 5) is 25.0. The molecule has 0 saturated carbocycles. The fraction of sp³-hybridized carbons (Fsp3) is 0.385. The number of hydrogen-bond donors (Lipinski definition) is 2. The van der Waals surface area contributed by atoms with Crippen molar-refractivity contribution < 1.29 is 14.3 Å². The highest BCUT2D eigenvalue weighted by atomic mass is 35.5. The fourth-order valence-corrected chi connectivity index (χ4v) is 1.75. The number of amides is 2. The van der Waals surface area contributed by atoms with Crippen molar-refractivity contribution in [3.8, 4) is 0 Å². The lowest BCUT2D eigenvalue weighted by molar-refractivity contribution is -0.121. The number of nitrogen functional groups attached to an aromatic ring is 1. The zero-order chi connectivity index (χ0) is 15.1. The summed E-state index contributed by atoms with van der Waals surface area (Å²) in [5.41, 5.74) is 6.34. The number of likely N-dealkylation sites (N-methyl/N-ethyl adjacent to an activating group) is 1. The molecule has 7 heteroatoms. The van der Waals surface area contributed by atoms with Gasteiger partial charge in [0.1, 0.15) is 0 Å². The van der Waals surface area contributed by atoms with E-state index in [1.807, 2.05) is 0 Å². The van der Waals surface area contributed by atoms with Gasteiger partial charge in [-0.05, 0) is 18.2 Å². The van der Waals surface area contributed by atoms with Crippen molar-refractivity contribution in [3.63, 3.8) is 0 Å². The predicted molar refractivity (Wildman–Crippen MR) is 77.7 cm³/mol. The van der Waals surface area contributed by atoms with E-state index in [-0.39, 0.29) is 23.9 Å². The molecule has 20 heavy (non-hydrogen) atoms. The van der Waals surface area contributed by atoms with E-state index in [4.69, 9.17) is 22.1 Å². The van der Waals surface area contributed by atoms with Crippen LogP contribution in [0, 0.1) is 0 Å². The number of nitrogens with two attached hydrogens (primary N) is 1. The minimum absolute atomic E-state index is 0.0618. The lowest BCUT2D eigenvalue weighted by atomic mass is 10.2. The molecule has 3 N–H and O–H groups in total. The minimum Gasteiger partial charge on any atom is -0.399 e. The van der Waals surface area contributed by atoms with Gasteiger partial charge < -0.3 is 20.7 Å². The molecule has 2 amide bonds. The zero-order valence-corrected chi connectivity index (χ0v) is 12.2. The van der Waals surface area contributed by atoms with Gasteiger partial charge in [-0.1, -0.05) is 11.6 Å². The van der Waals surface area contributed by atoms with E-state index in [0.717, 1.165) is 0 Å². The summed E-state index contributed by atoms with van der Waals surface area (Å²) in [5.74, 6) is -0.623. The van der Waals surface area contributed by atoms with E-state index in [2.05, 4.69) is 5.32 Å². The number of hydrogen-bond acceptors (Lipinski definition) is 4. The van der Waals surface area contributed by atoms with Crippen LogP contribution in [-0.2, 0) is 9.53 Å². The number of anilines is 1. The molecule has 110 valence electrons. The van der Waals surface area contributed by atoms with Crippen LogP contribution in [0.2, 0.25) is 5.02 Å². The van der Waals surface area contributed by atoms with Crippen LogP contribution >= 0.6 is 11.6 Å². The highest BCUT2D eigenvalue weighted by Gasteiger charge is 2.17. The first-order valence-corrected chi connectivity index (χ1v) is 6.39. The summed E-state index contributed by atoms with van der Waals surface area (Å²) in [5, 5.41) is 2.93. The molecule has 0 saturated heterocycles. The van der Waals surface area contributed by atoms with Crippen molar-refractivity contribution in [2.75, 3.05) is 39.6 Å². The Morgan fingerprint density at radius 1 is 1.45 bits per heavy atom. The Morgan fingerprint density at radius 2 is 2.15 bits per heavy atom. The standard InChI is InChI=1S/C13H18ClN3O3/c1-17(8-12(18)16-5-6-20-2)13(19)10-7-9(15)3-4-11(10)14/h3-4,7H,5-6,8,15H2,1-2H3,(H,16,18). The summed E-state index contributed by atoms with van der Waals surface area (Å²) < 4.78 is 4.82. The molecule has 0 fully saturated rings. The largest absolute Gasteiger partial charge is 0.399 e. The normalized spacial score (nSPS) is 10.2. The topological polar surface area (TPSA) is 84.7 Å². The zero-order valence-electron chi connectivity index (χ0n) is 11.5. The maximum absolute atomic E-state index is 12.2. The molecular formula is C13H18ClN3O3. The third-order valence-electron chi connectivity index (χ3n) is 2.58. The Labute approximate surface area is 122 Å². The molecule has 0 aromatic heterocycles. The van der Waals surface area contributed by atoms with Crippen molar-refractivity contribution in [1.82, 2.24) is 10.2 Å². The number of rotatable bonds is 6. The molecule has 0 atom stereocenters. The molecule has 0 aliphatic heterocycles. The van der Waals surface area contributed by atoms with E-state index in [9.17, 15) is 9.59 Å². The Kier molecular flexibility index (Phi) is 6.27. The first kappa shape index (κ1) is 16.3. The molecular weight excluding hydrogens is 282 g/mol. The van der Waals surface area contributed by atoms with Crippen LogP contribution in [0.4, 0.5) is 5.69 Å². The quantitative estimate of drug-likeness (QED) is 0.600. The van der Waals surface area contributed by atoms with Crippen molar-refractivity contribution in [2.45, 2.75) is 0 Å². The highest BCUT2D eigenvalue weighted by molar-refractivity contribution is 6.34. The summed E-state index contributed by atoms with van der Waals surface area (Å²) in [6.07, 6.45) is 0.